The molecular weight excluding hydrogens is 767 g/mol. The van der Waals surface area contributed by atoms with Gasteiger partial charge in [0, 0.05) is 40.3 Å². The van der Waals surface area contributed by atoms with Crippen molar-refractivity contribution < 1.29 is 4.74 Å². The molecule has 1 aliphatic heterocycles. The Morgan fingerprint density at radius 2 is 1.17 bits per heavy atom. The lowest BCUT2D eigenvalue weighted by molar-refractivity contribution is 0.354. The van der Waals surface area contributed by atoms with E-state index in [0.717, 1.165) is 63.1 Å². The van der Waals surface area contributed by atoms with Crippen LogP contribution in [-0.2, 0) is 10.8 Å². The standard InChI is InChI=1S/C59H41N3O/c1-58-50(25-13-27-55(58)63-54-26-12-11-24-51(54)58)53-36-52(61-57(62-53)39-15-3-2-4-16-39)38-30-28-37(29-31-38)41-20-14-34-60-56(41)40-32-33-49-45(35-40)44-19-7-10-23-48(44)59(49)46-21-8-5-17-42(46)43-18-6-9-22-47(43)59/h2-15,17-36,39,50H,16H2,1H3/t39?,50-,58?/m1/s1. The number of benzene rings is 6. The summed E-state index contributed by atoms with van der Waals surface area (Å²) in [5, 5.41) is 0. The van der Waals surface area contributed by atoms with E-state index in [1.165, 1.54) is 50.1 Å². The zero-order valence-electron chi connectivity index (χ0n) is 34.7. The van der Waals surface area contributed by atoms with Crippen LogP contribution in [0.3, 0.4) is 0 Å². The van der Waals surface area contributed by atoms with E-state index in [2.05, 4.69) is 195 Å². The zero-order chi connectivity index (χ0) is 41.7. The van der Waals surface area contributed by atoms with Crippen LogP contribution >= 0.6 is 0 Å². The number of aromatic nitrogens is 3. The van der Waals surface area contributed by atoms with Gasteiger partial charge in [0.15, 0.2) is 0 Å². The second-order valence-electron chi connectivity index (χ2n) is 17.5. The molecule has 0 amide bonds. The van der Waals surface area contributed by atoms with Gasteiger partial charge in [-0.15, -0.1) is 0 Å². The first-order valence-electron chi connectivity index (χ1n) is 22.0. The molecule has 2 unspecified atom stereocenters. The van der Waals surface area contributed by atoms with Gasteiger partial charge in [0.2, 0.25) is 0 Å². The molecule has 13 rings (SSSR count). The fraction of sp³-hybridized carbons (Fsp3) is 0.102. The van der Waals surface area contributed by atoms with Crippen LogP contribution in [0.4, 0.5) is 0 Å². The first-order valence-corrected chi connectivity index (χ1v) is 22.0. The van der Waals surface area contributed by atoms with Gasteiger partial charge in [-0.25, -0.2) is 9.97 Å². The minimum Gasteiger partial charge on any atom is -0.460 e. The highest BCUT2D eigenvalue weighted by atomic mass is 16.5. The summed E-state index contributed by atoms with van der Waals surface area (Å²) < 4.78 is 6.45. The largest absolute Gasteiger partial charge is 0.460 e. The van der Waals surface area contributed by atoms with Gasteiger partial charge in [-0.3, -0.25) is 4.98 Å². The summed E-state index contributed by atoms with van der Waals surface area (Å²) in [5.41, 5.74) is 18.2. The van der Waals surface area contributed by atoms with Crippen molar-refractivity contribution in [2.45, 2.75) is 36.0 Å². The molecule has 3 heterocycles. The van der Waals surface area contributed by atoms with Crippen LogP contribution in [0.5, 0.6) is 5.75 Å². The predicted molar refractivity (Wildman–Crippen MR) is 252 cm³/mol. The van der Waals surface area contributed by atoms with Crippen molar-refractivity contribution in [3.8, 4) is 61.6 Å². The molecule has 63 heavy (non-hydrogen) atoms. The lowest BCUT2D eigenvalue weighted by atomic mass is 9.68. The van der Waals surface area contributed by atoms with Gasteiger partial charge < -0.3 is 4.74 Å². The number of fused-ring (bicyclic) bond motifs is 13. The van der Waals surface area contributed by atoms with Gasteiger partial charge in [0.05, 0.1) is 27.9 Å². The van der Waals surface area contributed by atoms with Gasteiger partial charge in [-0.2, -0.15) is 0 Å². The smallest absolute Gasteiger partial charge is 0.136 e. The van der Waals surface area contributed by atoms with Crippen LogP contribution in [0.2, 0.25) is 0 Å². The van der Waals surface area contributed by atoms with E-state index in [1.54, 1.807) is 0 Å². The van der Waals surface area contributed by atoms with Crippen molar-refractivity contribution in [3.63, 3.8) is 0 Å². The maximum absolute atomic E-state index is 6.45. The Hall–Kier alpha value is -7.69. The van der Waals surface area contributed by atoms with E-state index < -0.39 is 0 Å². The van der Waals surface area contributed by atoms with Crippen molar-refractivity contribution >= 4 is 0 Å². The van der Waals surface area contributed by atoms with Gasteiger partial charge in [0.1, 0.15) is 17.3 Å². The second kappa shape index (κ2) is 13.7. The number of hydrogen-bond acceptors (Lipinski definition) is 4. The van der Waals surface area contributed by atoms with Crippen LogP contribution in [0, 0.1) is 0 Å². The average Bonchev–Trinajstić information content (AvgIpc) is 3.95. The van der Waals surface area contributed by atoms with E-state index in [1.807, 2.05) is 18.3 Å². The number of nitrogens with zero attached hydrogens (tertiary/aromatic N) is 3. The third kappa shape index (κ3) is 5.12. The molecule has 1 spiro atoms. The Morgan fingerprint density at radius 1 is 0.540 bits per heavy atom. The van der Waals surface area contributed by atoms with Crippen molar-refractivity contribution in [2.24, 2.45) is 0 Å². The number of rotatable bonds is 5. The molecule has 0 bridgehead atoms. The molecule has 0 fully saturated rings. The Bertz CT molecular complexity index is 3290. The first kappa shape index (κ1) is 36.0. The molecule has 0 saturated heterocycles. The fourth-order valence-corrected chi connectivity index (χ4v) is 11.4. The van der Waals surface area contributed by atoms with Crippen LogP contribution < -0.4 is 4.74 Å². The summed E-state index contributed by atoms with van der Waals surface area (Å²) in [5.74, 6) is 2.78. The second-order valence-corrected chi connectivity index (χ2v) is 17.5. The quantitative estimate of drug-likeness (QED) is 0.174. The Kier molecular flexibility index (Phi) is 7.81. The highest BCUT2D eigenvalue weighted by Crippen LogP contribution is 2.63. The van der Waals surface area contributed by atoms with E-state index in [0.29, 0.717) is 0 Å². The normalized spacial score (nSPS) is 20.0. The van der Waals surface area contributed by atoms with Crippen molar-refractivity contribution in [2.75, 3.05) is 0 Å². The third-order valence-corrected chi connectivity index (χ3v) is 14.3. The molecule has 8 aromatic rings. The van der Waals surface area contributed by atoms with Crippen molar-refractivity contribution in [3.05, 3.63) is 252 Å². The van der Waals surface area contributed by atoms with Gasteiger partial charge in [-0.1, -0.05) is 170 Å². The van der Waals surface area contributed by atoms with Crippen LogP contribution in [-0.4, -0.2) is 15.0 Å². The molecule has 0 saturated carbocycles. The summed E-state index contributed by atoms with van der Waals surface area (Å²) in [6.45, 7) is 2.29. The van der Waals surface area contributed by atoms with Gasteiger partial charge in [-0.05, 0) is 93.8 Å². The Morgan fingerprint density at radius 3 is 1.90 bits per heavy atom. The van der Waals surface area contributed by atoms with Gasteiger partial charge >= 0.3 is 0 Å². The number of para-hydroxylation sites is 1. The third-order valence-electron chi connectivity index (χ3n) is 14.3. The Balaban J connectivity index is 0.896. The van der Waals surface area contributed by atoms with Crippen molar-refractivity contribution in [1.29, 1.82) is 0 Å². The minimum atomic E-state index is -0.386. The number of allylic oxidation sites excluding steroid dienone is 8. The van der Waals surface area contributed by atoms with Crippen LogP contribution in [0.25, 0.3) is 55.9 Å². The first-order chi connectivity index (χ1) is 31.1. The summed E-state index contributed by atoms with van der Waals surface area (Å²) in [7, 11) is 0. The minimum absolute atomic E-state index is 0.0330. The SMILES string of the molecule is CC12C(=CC=C[C@@H]1c1cc(-c3ccc(-c4cccnc4-c4ccc5c(c4)-c4ccccc4C54c5ccccc5-c5ccccc54)cc3)nc(C3C=CC=CC3)n1)Oc1ccccc12. The molecule has 0 N–H and O–H groups in total. The van der Waals surface area contributed by atoms with Crippen LogP contribution in [0.15, 0.2) is 212 Å². The number of ether oxygens (including phenoxy) is 1. The molecule has 5 aliphatic rings. The molecule has 4 heteroatoms. The van der Waals surface area contributed by atoms with Gasteiger partial charge in [0.25, 0.3) is 0 Å². The molecule has 3 atom stereocenters. The highest BCUT2D eigenvalue weighted by Gasteiger charge is 2.52. The summed E-state index contributed by atoms with van der Waals surface area (Å²) in [6, 6.07) is 57.6. The summed E-state index contributed by atoms with van der Waals surface area (Å²) in [4.78, 5) is 15.7. The Labute approximate surface area is 367 Å². The van der Waals surface area contributed by atoms with Crippen molar-refractivity contribution in [1.82, 2.24) is 15.0 Å². The maximum atomic E-state index is 6.45. The lowest BCUT2D eigenvalue weighted by Crippen LogP contribution is -2.32. The molecule has 6 aromatic carbocycles. The molecule has 0 radical (unpaired) electrons. The lowest BCUT2D eigenvalue weighted by Gasteiger charge is -2.34. The zero-order valence-corrected chi connectivity index (χ0v) is 34.7. The van der Waals surface area contributed by atoms with E-state index in [9.17, 15) is 0 Å². The van der Waals surface area contributed by atoms with E-state index >= 15 is 0 Å². The topological polar surface area (TPSA) is 47.9 Å². The molecular formula is C59H41N3O. The molecule has 4 nitrogen and oxygen atoms in total. The molecule has 2 aromatic heterocycles. The molecule has 298 valence electrons. The predicted octanol–water partition coefficient (Wildman–Crippen LogP) is 13.7. The number of pyridine rings is 1. The fourth-order valence-electron chi connectivity index (χ4n) is 11.4. The number of hydrogen-bond donors (Lipinski definition) is 0. The van der Waals surface area contributed by atoms with E-state index in [-0.39, 0.29) is 22.7 Å². The highest BCUT2D eigenvalue weighted by molar-refractivity contribution is 5.96. The maximum Gasteiger partial charge on any atom is 0.136 e. The summed E-state index contributed by atoms with van der Waals surface area (Å²) >= 11 is 0. The van der Waals surface area contributed by atoms with Crippen LogP contribution in [0.1, 0.15) is 64.5 Å². The average molecular weight is 808 g/mol. The summed E-state index contributed by atoms with van der Waals surface area (Å²) in [6.07, 6.45) is 17.9. The van der Waals surface area contributed by atoms with E-state index in [4.69, 9.17) is 19.7 Å². The monoisotopic (exact) mass is 807 g/mol. The molecule has 4 aliphatic carbocycles.